The minimum Gasteiger partial charge on any atom is -0.461 e. The number of primary amides is 1. The lowest BCUT2D eigenvalue weighted by molar-refractivity contribution is -0.118. The van der Waals surface area contributed by atoms with Crippen LogP contribution in [0.5, 0.6) is 0 Å². The van der Waals surface area contributed by atoms with Gasteiger partial charge in [0.05, 0.1) is 17.7 Å². The Morgan fingerprint density at radius 2 is 2.00 bits per heavy atom. The van der Waals surface area contributed by atoms with Gasteiger partial charge in [-0.1, -0.05) is 0 Å². The van der Waals surface area contributed by atoms with Crippen molar-refractivity contribution in [1.29, 1.82) is 0 Å². The summed E-state index contributed by atoms with van der Waals surface area (Å²) in [4.78, 5) is 24.2. The first-order valence-corrected chi connectivity index (χ1v) is 5.44. The number of hydrogen-bond acceptors (Lipinski definition) is 5. The van der Waals surface area contributed by atoms with Gasteiger partial charge >= 0.3 is 5.97 Å². The Balaban J connectivity index is 2.83. The van der Waals surface area contributed by atoms with Crippen molar-refractivity contribution < 1.29 is 14.3 Å². The van der Waals surface area contributed by atoms with Gasteiger partial charge in [-0.15, -0.1) is 0 Å². The highest BCUT2D eigenvalue weighted by molar-refractivity contribution is 5.97. The molecule has 0 atom stereocenters. The lowest BCUT2D eigenvalue weighted by Crippen LogP contribution is -2.18. The molecule has 6 heteroatoms. The van der Waals surface area contributed by atoms with Gasteiger partial charge < -0.3 is 21.1 Å². The zero-order valence-corrected chi connectivity index (χ0v) is 10.5. The minimum absolute atomic E-state index is 0.00531. The average molecular weight is 251 g/mol. The summed E-state index contributed by atoms with van der Waals surface area (Å²) in [5.41, 5.74) is 12.1. The normalized spacial score (nSPS) is 9.89. The van der Waals surface area contributed by atoms with Gasteiger partial charge in [0.15, 0.2) is 0 Å². The van der Waals surface area contributed by atoms with Crippen molar-refractivity contribution >= 4 is 23.3 Å². The standard InChI is InChI=1S/C12H17N3O3/c1-15(2)10-4-3-8(13)7-9(10)12(17)18-6-5-11(14)16/h3-4,7H,5-6,13H2,1-2H3,(H2,14,16). The third-order valence-corrected chi connectivity index (χ3v) is 2.30. The molecule has 0 fully saturated rings. The maximum Gasteiger partial charge on any atom is 0.340 e. The number of carbonyl (C=O) groups excluding carboxylic acids is 2. The third kappa shape index (κ3) is 3.65. The van der Waals surface area contributed by atoms with Crippen molar-refractivity contribution in [2.24, 2.45) is 5.73 Å². The maximum atomic E-state index is 11.8. The zero-order valence-electron chi connectivity index (χ0n) is 10.5. The highest BCUT2D eigenvalue weighted by atomic mass is 16.5. The molecule has 0 saturated carbocycles. The van der Waals surface area contributed by atoms with Crippen LogP contribution in [-0.2, 0) is 9.53 Å². The Bertz CT molecular complexity index is 458. The van der Waals surface area contributed by atoms with Crippen LogP contribution in [0.25, 0.3) is 0 Å². The van der Waals surface area contributed by atoms with E-state index in [4.69, 9.17) is 16.2 Å². The first-order chi connectivity index (χ1) is 8.41. The van der Waals surface area contributed by atoms with Crippen LogP contribution in [0.15, 0.2) is 18.2 Å². The summed E-state index contributed by atoms with van der Waals surface area (Å²) in [6.45, 7) is -0.0319. The van der Waals surface area contributed by atoms with Gasteiger partial charge in [0.1, 0.15) is 6.61 Å². The molecule has 1 amide bonds. The van der Waals surface area contributed by atoms with Crippen LogP contribution < -0.4 is 16.4 Å². The zero-order chi connectivity index (χ0) is 13.7. The van der Waals surface area contributed by atoms with E-state index in [2.05, 4.69) is 0 Å². The van der Waals surface area contributed by atoms with Gasteiger partial charge in [0, 0.05) is 19.8 Å². The van der Waals surface area contributed by atoms with Crippen LogP contribution in [0.3, 0.4) is 0 Å². The van der Waals surface area contributed by atoms with E-state index in [0.717, 1.165) is 0 Å². The van der Waals surface area contributed by atoms with Crippen LogP contribution in [0.1, 0.15) is 16.8 Å². The molecule has 0 aliphatic rings. The SMILES string of the molecule is CN(C)c1ccc(N)cc1C(=O)OCCC(N)=O. The first-order valence-electron chi connectivity index (χ1n) is 5.44. The summed E-state index contributed by atoms with van der Waals surface area (Å²) in [6.07, 6.45) is 0.00531. The quantitative estimate of drug-likeness (QED) is 0.581. The van der Waals surface area contributed by atoms with Gasteiger partial charge in [0.2, 0.25) is 5.91 Å². The lowest BCUT2D eigenvalue weighted by Gasteiger charge is -2.17. The van der Waals surface area contributed by atoms with E-state index in [1.54, 1.807) is 23.1 Å². The van der Waals surface area contributed by atoms with Crippen molar-refractivity contribution in [3.05, 3.63) is 23.8 Å². The minimum atomic E-state index is -0.521. The highest BCUT2D eigenvalue weighted by Gasteiger charge is 2.15. The molecule has 6 nitrogen and oxygen atoms in total. The number of rotatable bonds is 5. The second-order valence-corrected chi connectivity index (χ2v) is 4.02. The highest BCUT2D eigenvalue weighted by Crippen LogP contribution is 2.22. The monoisotopic (exact) mass is 251 g/mol. The molecule has 0 heterocycles. The van der Waals surface area contributed by atoms with Crippen molar-refractivity contribution in [2.75, 3.05) is 31.3 Å². The second kappa shape index (κ2) is 5.90. The Hall–Kier alpha value is -2.24. The molecule has 0 unspecified atom stereocenters. The van der Waals surface area contributed by atoms with Crippen LogP contribution in [0, 0.1) is 0 Å². The molecule has 0 radical (unpaired) electrons. The van der Waals surface area contributed by atoms with Crippen molar-refractivity contribution in [3.8, 4) is 0 Å². The molecule has 18 heavy (non-hydrogen) atoms. The van der Waals surface area contributed by atoms with Crippen molar-refractivity contribution in [2.45, 2.75) is 6.42 Å². The van der Waals surface area contributed by atoms with E-state index in [-0.39, 0.29) is 13.0 Å². The summed E-state index contributed by atoms with van der Waals surface area (Å²) in [5, 5.41) is 0. The van der Waals surface area contributed by atoms with Gasteiger partial charge in [-0.05, 0) is 18.2 Å². The summed E-state index contributed by atoms with van der Waals surface area (Å²) < 4.78 is 4.96. The second-order valence-electron chi connectivity index (χ2n) is 4.02. The predicted molar refractivity (Wildman–Crippen MR) is 69.3 cm³/mol. The van der Waals surface area contributed by atoms with Crippen LogP contribution >= 0.6 is 0 Å². The Kier molecular flexibility index (Phi) is 4.53. The van der Waals surface area contributed by atoms with Gasteiger partial charge in [0.25, 0.3) is 0 Å². The molecule has 1 aromatic carbocycles. The number of carbonyl (C=O) groups is 2. The number of hydrogen-bond donors (Lipinski definition) is 2. The number of nitrogen functional groups attached to an aromatic ring is 1. The molecular formula is C12H17N3O3. The van der Waals surface area contributed by atoms with Gasteiger partial charge in [-0.25, -0.2) is 4.79 Å². The largest absolute Gasteiger partial charge is 0.461 e. The molecule has 0 aromatic heterocycles. The fourth-order valence-corrected chi connectivity index (χ4v) is 1.43. The maximum absolute atomic E-state index is 11.8. The molecule has 0 bridgehead atoms. The Morgan fingerprint density at radius 3 is 2.56 bits per heavy atom. The van der Waals surface area contributed by atoms with Crippen molar-refractivity contribution in [3.63, 3.8) is 0 Å². The third-order valence-electron chi connectivity index (χ3n) is 2.30. The number of amides is 1. The molecular weight excluding hydrogens is 234 g/mol. The van der Waals surface area contributed by atoms with E-state index in [9.17, 15) is 9.59 Å². The average Bonchev–Trinajstić information content (AvgIpc) is 2.27. The molecule has 0 aliphatic heterocycles. The Labute approximate surface area is 105 Å². The predicted octanol–water partition coefficient (Wildman–Crippen LogP) is 0.367. The van der Waals surface area contributed by atoms with E-state index in [1.807, 2.05) is 14.1 Å². The fourth-order valence-electron chi connectivity index (χ4n) is 1.43. The van der Waals surface area contributed by atoms with E-state index in [1.165, 1.54) is 0 Å². The smallest absolute Gasteiger partial charge is 0.340 e. The molecule has 1 rings (SSSR count). The van der Waals surface area contributed by atoms with Crippen LogP contribution in [-0.4, -0.2) is 32.6 Å². The number of ether oxygens (including phenoxy) is 1. The Morgan fingerprint density at radius 1 is 1.33 bits per heavy atom. The molecule has 0 spiro atoms. The van der Waals surface area contributed by atoms with Crippen LogP contribution in [0.2, 0.25) is 0 Å². The number of anilines is 2. The van der Waals surface area contributed by atoms with E-state index < -0.39 is 11.9 Å². The first kappa shape index (κ1) is 13.8. The van der Waals surface area contributed by atoms with Crippen molar-refractivity contribution in [1.82, 2.24) is 0 Å². The van der Waals surface area contributed by atoms with E-state index in [0.29, 0.717) is 16.9 Å². The van der Waals surface area contributed by atoms with Gasteiger partial charge in [-0.3, -0.25) is 4.79 Å². The van der Waals surface area contributed by atoms with Gasteiger partial charge in [-0.2, -0.15) is 0 Å². The molecule has 98 valence electrons. The molecule has 0 aliphatic carbocycles. The summed E-state index contributed by atoms with van der Waals surface area (Å²) in [6, 6.07) is 4.98. The number of nitrogens with two attached hydrogens (primary N) is 2. The number of esters is 1. The number of nitrogens with zero attached hydrogens (tertiary/aromatic N) is 1. The summed E-state index contributed by atoms with van der Waals surface area (Å²) in [5.74, 6) is -1.03. The lowest BCUT2D eigenvalue weighted by atomic mass is 10.1. The fraction of sp³-hybridized carbons (Fsp3) is 0.333. The molecule has 4 N–H and O–H groups in total. The van der Waals surface area contributed by atoms with Crippen LogP contribution in [0.4, 0.5) is 11.4 Å². The molecule has 1 aromatic rings. The van der Waals surface area contributed by atoms with E-state index >= 15 is 0 Å². The summed E-state index contributed by atoms with van der Waals surface area (Å²) >= 11 is 0. The topological polar surface area (TPSA) is 98.7 Å². The number of benzene rings is 1. The molecule has 0 saturated heterocycles. The summed E-state index contributed by atoms with van der Waals surface area (Å²) in [7, 11) is 3.62.